The van der Waals surface area contributed by atoms with Gasteiger partial charge in [-0.15, -0.1) is 0 Å². The van der Waals surface area contributed by atoms with Gasteiger partial charge in [-0.2, -0.15) is 0 Å². The molecule has 1 aliphatic rings. The molecule has 2 N–H and O–H groups in total. The standard InChI is InChI=1S/C15H18O3.C7H9N/c1-2-18-15(17)13-5-3-11(4-6-13)12-7-9-14(16)10-8-12;8-6-7-4-2-1-3-5-7/h3-6,12H,2,7-10H2,1H3;1-5H,6,8H2. The van der Waals surface area contributed by atoms with E-state index in [1.54, 1.807) is 6.92 Å². The molecule has 3 rings (SSSR count). The lowest BCUT2D eigenvalue weighted by Gasteiger charge is -2.21. The van der Waals surface area contributed by atoms with Gasteiger partial charge in [0, 0.05) is 19.4 Å². The molecule has 0 bridgehead atoms. The number of hydrogen-bond acceptors (Lipinski definition) is 4. The zero-order valence-electron chi connectivity index (χ0n) is 15.3. The van der Waals surface area contributed by atoms with Crippen molar-refractivity contribution in [2.75, 3.05) is 6.61 Å². The minimum Gasteiger partial charge on any atom is -0.462 e. The van der Waals surface area contributed by atoms with Crippen LogP contribution in [-0.4, -0.2) is 18.4 Å². The number of ketones is 1. The fourth-order valence-electron chi connectivity index (χ4n) is 2.99. The summed E-state index contributed by atoms with van der Waals surface area (Å²) in [4.78, 5) is 22.7. The Bertz CT molecular complexity index is 685. The molecule has 1 saturated carbocycles. The van der Waals surface area contributed by atoms with E-state index < -0.39 is 0 Å². The van der Waals surface area contributed by atoms with Crippen LogP contribution in [0.2, 0.25) is 0 Å². The highest BCUT2D eigenvalue weighted by Gasteiger charge is 2.20. The topological polar surface area (TPSA) is 69.4 Å². The molecule has 1 aliphatic carbocycles. The van der Waals surface area contributed by atoms with Crippen molar-refractivity contribution in [1.29, 1.82) is 0 Å². The number of benzene rings is 2. The molecule has 1 fully saturated rings. The van der Waals surface area contributed by atoms with E-state index >= 15 is 0 Å². The molecule has 0 unspecified atom stereocenters. The highest BCUT2D eigenvalue weighted by atomic mass is 16.5. The second kappa shape index (κ2) is 10.5. The number of esters is 1. The maximum absolute atomic E-state index is 11.5. The molecule has 0 atom stereocenters. The smallest absolute Gasteiger partial charge is 0.338 e. The number of carbonyl (C=O) groups excluding carboxylic acids is 2. The zero-order valence-corrected chi connectivity index (χ0v) is 15.3. The van der Waals surface area contributed by atoms with Crippen LogP contribution in [0.4, 0.5) is 0 Å². The Kier molecular flexibility index (Phi) is 8.03. The molecule has 4 nitrogen and oxygen atoms in total. The van der Waals surface area contributed by atoms with E-state index in [2.05, 4.69) is 0 Å². The van der Waals surface area contributed by atoms with Gasteiger partial charge in [0.2, 0.25) is 0 Å². The first kappa shape index (κ1) is 19.9. The highest BCUT2D eigenvalue weighted by Crippen LogP contribution is 2.31. The van der Waals surface area contributed by atoms with Gasteiger partial charge in [0.05, 0.1) is 12.2 Å². The summed E-state index contributed by atoms with van der Waals surface area (Å²) < 4.78 is 4.94. The number of rotatable bonds is 4. The summed E-state index contributed by atoms with van der Waals surface area (Å²) in [6.07, 6.45) is 3.23. The molecule has 0 aromatic heterocycles. The van der Waals surface area contributed by atoms with Crippen molar-refractivity contribution in [3.05, 3.63) is 71.3 Å². The first-order valence-corrected chi connectivity index (χ1v) is 9.16. The molecule has 0 amide bonds. The summed E-state index contributed by atoms with van der Waals surface area (Å²) in [5.41, 5.74) is 8.35. The SMILES string of the molecule is CCOC(=O)c1ccc(C2CCC(=O)CC2)cc1.NCc1ccccc1. The van der Waals surface area contributed by atoms with Crippen LogP contribution in [0.1, 0.15) is 60.0 Å². The van der Waals surface area contributed by atoms with E-state index in [-0.39, 0.29) is 5.97 Å². The molecule has 0 heterocycles. The van der Waals surface area contributed by atoms with Gasteiger partial charge in [-0.3, -0.25) is 4.79 Å². The van der Waals surface area contributed by atoms with E-state index in [0.29, 0.717) is 43.3 Å². The summed E-state index contributed by atoms with van der Waals surface area (Å²) in [6.45, 7) is 2.83. The van der Waals surface area contributed by atoms with Crippen LogP contribution >= 0.6 is 0 Å². The molecule has 0 saturated heterocycles. The van der Waals surface area contributed by atoms with Crippen molar-refractivity contribution in [2.45, 2.75) is 45.1 Å². The summed E-state index contributed by atoms with van der Waals surface area (Å²) in [6, 6.07) is 17.6. The lowest BCUT2D eigenvalue weighted by Crippen LogP contribution is -2.12. The van der Waals surface area contributed by atoms with Crippen LogP contribution in [0.15, 0.2) is 54.6 Å². The van der Waals surface area contributed by atoms with Gasteiger partial charge in [0.15, 0.2) is 0 Å². The minimum atomic E-state index is -0.275. The summed E-state index contributed by atoms with van der Waals surface area (Å²) in [7, 11) is 0. The van der Waals surface area contributed by atoms with Gasteiger partial charge in [0.25, 0.3) is 0 Å². The fourth-order valence-corrected chi connectivity index (χ4v) is 2.99. The largest absolute Gasteiger partial charge is 0.462 e. The van der Waals surface area contributed by atoms with Crippen molar-refractivity contribution in [3.63, 3.8) is 0 Å². The van der Waals surface area contributed by atoms with Gasteiger partial charge < -0.3 is 10.5 Å². The first-order chi connectivity index (χ1) is 12.6. The second-order valence-corrected chi connectivity index (χ2v) is 6.35. The molecule has 2 aromatic rings. The van der Waals surface area contributed by atoms with E-state index in [1.807, 2.05) is 54.6 Å². The summed E-state index contributed by atoms with van der Waals surface area (Å²) >= 11 is 0. The molecular weight excluding hydrogens is 326 g/mol. The Hall–Kier alpha value is -2.46. The van der Waals surface area contributed by atoms with Crippen LogP contribution in [0.5, 0.6) is 0 Å². The molecule has 2 aromatic carbocycles. The van der Waals surface area contributed by atoms with Crippen molar-refractivity contribution < 1.29 is 14.3 Å². The van der Waals surface area contributed by atoms with Gasteiger partial charge in [-0.05, 0) is 48.9 Å². The van der Waals surface area contributed by atoms with E-state index in [4.69, 9.17) is 10.5 Å². The Morgan fingerprint density at radius 1 is 1.04 bits per heavy atom. The van der Waals surface area contributed by atoms with Gasteiger partial charge >= 0.3 is 5.97 Å². The number of nitrogens with two attached hydrogens (primary N) is 1. The number of carbonyl (C=O) groups is 2. The Morgan fingerprint density at radius 2 is 1.65 bits per heavy atom. The van der Waals surface area contributed by atoms with Crippen LogP contribution in [-0.2, 0) is 16.1 Å². The van der Waals surface area contributed by atoms with Gasteiger partial charge in [-0.1, -0.05) is 42.5 Å². The lowest BCUT2D eigenvalue weighted by molar-refractivity contribution is -0.120. The van der Waals surface area contributed by atoms with E-state index in [0.717, 1.165) is 12.8 Å². The molecule has 138 valence electrons. The molecule has 0 radical (unpaired) electrons. The van der Waals surface area contributed by atoms with Crippen LogP contribution in [0.3, 0.4) is 0 Å². The molecule has 0 aliphatic heterocycles. The zero-order chi connectivity index (χ0) is 18.8. The van der Waals surface area contributed by atoms with Crippen LogP contribution in [0.25, 0.3) is 0 Å². The predicted molar refractivity (Wildman–Crippen MR) is 103 cm³/mol. The lowest BCUT2D eigenvalue weighted by atomic mass is 9.83. The fraction of sp³-hybridized carbons (Fsp3) is 0.364. The monoisotopic (exact) mass is 353 g/mol. The van der Waals surface area contributed by atoms with E-state index in [9.17, 15) is 9.59 Å². The Morgan fingerprint density at radius 3 is 2.15 bits per heavy atom. The quantitative estimate of drug-likeness (QED) is 0.835. The average molecular weight is 353 g/mol. The van der Waals surface area contributed by atoms with Crippen LogP contribution in [0, 0.1) is 0 Å². The van der Waals surface area contributed by atoms with Crippen molar-refractivity contribution >= 4 is 11.8 Å². The third-order valence-electron chi connectivity index (χ3n) is 4.52. The molecule has 4 heteroatoms. The van der Waals surface area contributed by atoms with Crippen molar-refractivity contribution in [2.24, 2.45) is 5.73 Å². The van der Waals surface area contributed by atoms with Gasteiger partial charge in [-0.25, -0.2) is 4.79 Å². The maximum atomic E-state index is 11.5. The molecule has 0 spiro atoms. The highest BCUT2D eigenvalue weighted by molar-refractivity contribution is 5.89. The van der Waals surface area contributed by atoms with Crippen molar-refractivity contribution in [3.8, 4) is 0 Å². The summed E-state index contributed by atoms with van der Waals surface area (Å²) in [5.74, 6) is 0.552. The normalized spacial score (nSPS) is 14.3. The maximum Gasteiger partial charge on any atom is 0.338 e. The third-order valence-corrected chi connectivity index (χ3v) is 4.52. The first-order valence-electron chi connectivity index (χ1n) is 9.16. The second-order valence-electron chi connectivity index (χ2n) is 6.35. The molecule has 26 heavy (non-hydrogen) atoms. The summed E-state index contributed by atoms with van der Waals surface area (Å²) in [5, 5.41) is 0. The molecular formula is C22H27NO3. The number of ether oxygens (including phenoxy) is 1. The Labute approximate surface area is 155 Å². The van der Waals surface area contributed by atoms with E-state index in [1.165, 1.54) is 11.1 Å². The van der Waals surface area contributed by atoms with Crippen molar-refractivity contribution in [1.82, 2.24) is 0 Å². The van der Waals surface area contributed by atoms with Crippen LogP contribution < -0.4 is 5.73 Å². The number of hydrogen-bond donors (Lipinski definition) is 1. The Balaban J connectivity index is 0.000000254. The third kappa shape index (κ3) is 6.12. The average Bonchev–Trinajstić information content (AvgIpc) is 2.70. The minimum absolute atomic E-state index is 0.275. The predicted octanol–water partition coefficient (Wildman–Crippen LogP) is 4.24. The van der Waals surface area contributed by atoms with Gasteiger partial charge in [0.1, 0.15) is 5.78 Å². The number of Topliss-reactive ketones (excluding diaryl/α,β-unsaturated/α-hetero) is 1.